The molecule has 0 unspecified atom stereocenters. The van der Waals surface area contributed by atoms with Gasteiger partial charge in [-0.15, -0.1) is 0 Å². The van der Waals surface area contributed by atoms with E-state index in [9.17, 15) is 14.7 Å². The van der Waals surface area contributed by atoms with Crippen molar-refractivity contribution in [1.82, 2.24) is 0 Å². The molecule has 2 atom stereocenters. The molecule has 0 spiro atoms. The smallest absolute Gasteiger partial charge is 0.199 e. The summed E-state index contributed by atoms with van der Waals surface area (Å²) < 4.78 is 5.81. The van der Waals surface area contributed by atoms with Crippen LogP contribution in [0.5, 0.6) is 0 Å². The molecule has 1 aliphatic carbocycles. The minimum Gasteiger partial charge on any atom is -0.492 e. The first-order valence-corrected chi connectivity index (χ1v) is 8.51. The molecule has 4 heteroatoms. The van der Waals surface area contributed by atoms with Crippen molar-refractivity contribution >= 4 is 28.1 Å². The average Bonchev–Trinajstić information content (AvgIpc) is 2.93. The van der Waals surface area contributed by atoms with Crippen LogP contribution < -0.4 is 0 Å². The van der Waals surface area contributed by atoms with E-state index in [1.807, 2.05) is 44.2 Å². The summed E-state index contributed by atoms with van der Waals surface area (Å²) in [5.74, 6) is -0.155. The van der Waals surface area contributed by atoms with Crippen LogP contribution in [0.15, 0.2) is 35.9 Å². The maximum Gasteiger partial charge on any atom is 0.199 e. The van der Waals surface area contributed by atoms with Crippen LogP contribution in [-0.4, -0.2) is 23.3 Å². The predicted molar refractivity (Wildman–Crippen MR) is 94.9 cm³/mol. The van der Waals surface area contributed by atoms with Gasteiger partial charge < -0.3 is 9.84 Å². The zero-order valence-corrected chi connectivity index (χ0v) is 14.6. The van der Waals surface area contributed by atoms with Crippen molar-refractivity contribution < 1.29 is 19.4 Å². The number of rotatable bonds is 2. The molecule has 0 saturated carbocycles. The maximum atomic E-state index is 13.2. The molecule has 0 fully saturated rings. The summed E-state index contributed by atoms with van der Waals surface area (Å²) >= 11 is 0. The Morgan fingerprint density at radius 2 is 2.04 bits per heavy atom. The third-order valence-electron chi connectivity index (χ3n) is 5.28. The molecule has 1 heterocycles. The highest BCUT2D eigenvalue weighted by Crippen LogP contribution is 2.49. The highest BCUT2D eigenvalue weighted by atomic mass is 16.5. The third kappa shape index (κ3) is 2.10. The zero-order valence-electron chi connectivity index (χ0n) is 14.6. The number of carbonyl (C=O) groups is 2. The molecule has 1 aliphatic heterocycles. The Bertz CT molecular complexity index is 969. The Hall–Kier alpha value is -2.46. The van der Waals surface area contributed by atoms with Gasteiger partial charge in [0.05, 0.1) is 6.61 Å². The molecule has 2 aromatic rings. The van der Waals surface area contributed by atoms with Crippen LogP contribution in [0.4, 0.5) is 0 Å². The highest BCUT2D eigenvalue weighted by molar-refractivity contribution is 6.15. The van der Waals surface area contributed by atoms with Gasteiger partial charge in [0.25, 0.3) is 0 Å². The summed E-state index contributed by atoms with van der Waals surface area (Å²) in [6, 6.07) is 9.67. The third-order valence-corrected chi connectivity index (χ3v) is 5.28. The number of hydrogen-bond acceptors (Lipinski definition) is 4. The second kappa shape index (κ2) is 5.27. The normalized spacial score (nSPS) is 25.0. The lowest BCUT2D eigenvalue weighted by atomic mass is 9.71. The molecular formula is C21H20O4. The van der Waals surface area contributed by atoms with E-state index in [1.165, 1.54) is 6.92 Å². The van der Waals surface area contributed by atoms with E-state index in [0.29, 0.717) is 23.5 Å². The van der Waals surface area contributed by atoms with Crippen molar-refractivity contribution in [3.05, 3.63) is 52.6 Å². The summed E-state index contributed by atoms with van der Waals surface area (Å²) in [6.45, 7) is 5.71. The minimum absolute atomic E-state index is 0.0951. The largest absolute Gasteiger partial charge is 0.492 e. The van der Waals surface area contributed by atoms with Gasteiger partial charge in [0, 0.05) is 29.0 Å². The number of ketones is 2. The van der Waals surface area contributed by atoms with Crippen molar-refractivity contribution in [3.63, 3.8) is 0 Å². The average molecular weight is 336 g/mol. The van der Waals surface area contributed by atoms with Gasteiger partial charge in [0.1, 0.15) is 11.5 Å². The van der Waals surface area contributed by atoms with E-state index < -0.39 is 11.4 Å². The van der Waals surface area contributed by atoms with E-state index in [1.54, 1.807) is 0 Å². The van der Waals surface area contributed by atoms with Crippen molar-refractivity contribution in [3.8, 4) is 0 Å². The van der Waals surface area contributed by atoms with E-state index in [-0.39, 0.29) is 18.1 Å². The molecule has 0 bridgehead atoms. The number of hydrogen-bond donors (Lipinski definition) is 1. The minimum atomic E-state index is -1.84. The van der Waals surface area contributed by atoms with Gasteiger partial charge in [0.15, 0.2) is 11.4 Å². The van der Waals surface area contributed by atoms with Crippen molar-refractivity contribution in [2.24, 2.45) is 5.92 Å². The lowest BCUT2D eigenvalue weighted by Crippen LogP contribution is -2.42. The van der Waals surface area contributed by atoms with Crippen molar-refractivity contribution in [2.75, 3.05) is 6.61 Å². The van der Waals surface area contributed by atoms with Crippen LogP contribution in [0.2, 0.25) is 0 Å². The first-order valence-electron chi connectivity index (χ1n) is 8.51. The number of fused-ring (bicyclic) bond motifs is 4. The second-order valence-corrected chi connectivity index (χ2v) is 7.18. The van der Waals surface area contributed by atoms with Crippen LogP contribution in [0.1, 0.15) is 37.0 Å². The van der Waals surface area contributed by atoms with Gasteiger partial charge >= 0.3 is 0 Å². The molecule has 4 rings (SSSR count). The van der Waals surface area contributed by atoms with Gasteiger partial charge in [-0.3, -0.25) is 9.59 Å². The van der Waals surface area contributed by atoms with Crippen LogP contribution >= 0.6 is 0 Å². The number of ether oxygens (including phenoxy) is 1. The Kier molecular flexibility index (Phi) is 3.38. The molecule has 128 valence electrons. The highest BCUT2D eigenvalue weighted by Gasteiger charge is 2.51. The van der Waals surface area contributed by atoms with Crippen LogP contribution in [0.3, 0.4) is 0 Å². The first kappa shape index (κ1) is 16.0. The first-order chi connectivity index (χ1) is 11.8. The van der Waals surface area contributed by atoms with Gasteiger partial charge in [0.2, 0.25) is 0 Å². The van der Waals surface area contributed by atoms with Crippen LogP contribution in [-0.2, 0) is 19.9 Å². The fourth-order valence-corrected chi connectivity index (χ4v) is 4.16. The number of benzene rings is 2. The summed E-state index contributed by atoms with van der Waals surface area (Å²) in [5, 5.41) is 13.2. The fourth-order valence-electron chi connectivity index (χ4n) is 4.16. The Morgan fingerprint density at radius 1 is 1.28 bits per heavy atom. The standard InChI is InChI=1S/C21H20O4/c1-11-5-4-6-15-14(11)7-8-16-18(15)21(24,9-13(3)22)20(23)17-12(2)10-25-19(16)17/h4-8,12,24H,9-10H2,1-3H3/t12-,21+/m1/s1. The quantitative estimate of drug-likeness (QED) is 0.914. The fraction of sp³-hybridized carbons (Fsp3) is 0.333. The molecule has 0 radical (unpaired) electrons. The number of aliphatic hydroxyl groups is 1. The molecule has 2 aromatic carbocycles. The SMILES string of the molecule is CC(=O)C[C@@]1(O)C(=O)C2=C(OC[C@H]2C)c2ccc3c(C)cccc3c21. The molecule has 1 N–H and O–H groups in total. The van der Waals surface area contributed by atoms with Gasteiger partial charge in [-0.1, -0.05) is 37.3 Å². The monoisotopic (exact) mass is 336 g/mol. The van der Waals surface area contributed by atoms with Crippen LogP contribution in [0.25, 0.3) is 16.5 Å². The lowest BCUT2D eigenvalue weighted by molar-refractivity contribution is -0.140. The van der Waals surface area contributed by atoms with Gasteiger partial charge in [-0.2, -0.15) is 0 Å². The summed E-state index contributed by atoms with van der Waals surface area (Å²) in [7, 11) is 0. The molecule has 25 heavy (non-hydrogen) atoms. The molecule has 2 aliphatic rings. The predicted octanol–water partition coefficient (Wildman–Crippen LogP) is 3.28. The Labute approximate surface area is 146 Å². The molecule has 0 aromatic heterocycles. The van der Waals surface area contributed by atoms with Crippen LogP contribution in [0, 0.1) is 12.8 Å². The van der Waals surface area contributed by atoms with E-state index in [2.05, 4.69) is 0 Å². The van der Waals surface area contributed by atoms with Gasteiger partial charge in [-0.05, 0) is 30.2 Å². The summed E-state index contributed by atoms with van der Waals surface area (Å²) in [5.41, 5.74) is 0.944. The van der Waals surface area contributed by atoms with E-state index >= 15 is 0 Å². The van der Waals surface area contributed by atoms with Crippen molar-refractivity contribution in [2.45, 2.75) is 32.8 Å². The van der Waals surface area contributed by atoms with Crippen molar-refractivity contribution in [1.29, 1.82) is 0 Å². The molecule has 0 saturated heterocycles. The zero-order chi connectivity index (χ0) is 17.9. The Balaban J connectivity index is 2.13. The lowest BCUT2D eigenvalue weighted by Gasteiger charge is -2.34. The Morgan fingerprint density at radius 3 is 2.76 bits per heavy atom. The molecular weight excluding hydrogens is 316 g/mol. The van der Waals surface area contributed by atoms with Gasteiger partial charge in [-0.25, -0.2) is 0 Å². The molecule has 0 amide bonds. The number of Topliss-reactive ketones (excluding diaryl/α,β-unsaturated/α-hetero) is 2. The maximum absolute atomic E-state index is 13.2. The summed E-state index contributed by atoms with van der Waals surface area (Å²) in [6.07, 6.45) is -0.227. The number of aryl methyl sites for hydroxylation is 1. The topological polar surface area (TPSA) is 63.6 Å². The number of carbonyl (C=O) groups excluding carboxylic acids is 2. The van der Waals surface area contributed by atoms with E-state index in [0.717, 1.165) is 21.9 Å². The second-order valence-electron chi connectivity index (χ2n) is 7.18. The van der Waals surface area contributed by atoms with E-state index in [4.69, 9.17) is 4.74 Å². The summed E-state index contributed by atoms with van der Waals surface area (Å²) in [4.78, 5) is 25.1. The molecule has 4 nitrogen and oxygen atoms in total.